The molecule has 1 rings (SSSR count). The van der Waals surface area contributed by atoms with Crippen LogP contribution in [0.1, 0.15) is 46.6 Å². The van der Waals surface area contributed by atoms with Crippen molar-refractivity contribution in [3.05, 3.63) is 35.6 Å². The number of ether oxygens (including phenoxy) is 1. The Balaban J connectivity index is 2.68. The number of benzene rings is 1. The fourth-order valence-electron chi connectivity index (χ4n) is 2.05. The largest absolute Gasteiger partial charge is 0.444 e. The van der Waals surface area contributed by atoms with E-state index in [-0.39, 0.29) is 24.2 Å². The van der Waals surface area contributed by atoms with Crippen molar-refractivity contribution in [2.75, 3.05) is 0 Å². The number of carbonyl (C=O) groups is 1. The van der Waals surface area contributed by atoms with E-state index in [1.165, 1.54) is 12.1 Å². The summed E-state index contributed by atoms with van der Waals surface area (Å²) in [5, 5.41) is 6.56. The predicted molar refractivity (Wildman–Crippen MR) is 95.4 cm³/mol. The van der Waals surface area contributed by atoms with Crippen LogP contribution < -0.4 is 11.1 Å². The molecule has 0 heterocycles. The summed E-state index contributed by atoms with van der Waals surface area (Å²) < 4.78 is 18.4. The third-order valence-electron chi connectivity index (χ3n) is 3.05. The molecule has 6 nitrogen and oxygen atoms in total. The maximum absolute atomic E-state index is 13.1. The molecule has 1 unspecified atom stereocenters. The summed E-state index contributed by atoms with van der Waals surface area (Å²) in [6.07, 6.45) is 0.0131. The Morgan fingerprint density at radius 3 is 2.60 bits per heavy atom. The lowest BCUT2D eigenvalue weighted by atomic mass is 10.0. The zero-order chi connectivity index (χ0) is 19.0. The van der Waals surface area contributed by atoms with Gasteiger partial charge in [-0.25, -0.2) is 9.18 Å². The first-order valence-corrected chi connectivity index (χ1v) is 8.26. The standard InChI is InChI=1S/C18H28FN3O3/c1-12(2)9-15(21-17(23)25-18(3,4)5)16(20)22-24-11-13-7-6-8-14(19)10-13/h6-8,10,12,15H,9,11H2,1-5H3,(H2,20,22)(H,21,23). The summed E-state index contributed by atoms with van der Waals surface area (Å²) in [5.74, 6) is 0.0650. The van der Waals surface area contributed by atoms with Crippen molar-refractivity contribution in [1.82, 2.24) is 5.32 Å². The van der Waals surface area contributed by atoms with Crippen molar-refractivity contribution in [2.45, 2.75) is 59.3 Å². The minimum atomic E-state index is -0.605. The first kappa shape index (κ1) is 20.7. The minimum Gasteiger partial charge on any atom is -0.444 e. The number of rotatable bonds is 7. The summed E-state index contributed by atoms with van der Waals surface area (Å²) >= 11 is 0. The Morgan fingerprint density at radius 2 is 2.04 bits per heavy atom. The number of nitrogens with zero attached hydrogens (tertiary/aromatic N) is 1. The van der Waals surface area contributed by atoms with E-state index in [0.29, 0.717) is 12.0 Å². The molecule has 1 atom stereocenters. The molecule has 0 aliphatic rings. The van der Waals surface area contributed by atoms with E-state index in [1.54, 1.807) is 32.9 Å². The Morgan fingerprint density at radius 1 is 1.36 bits per heavy atom. The molecule has 1 aromatic carbocycles. The van der Waals surface area contributed by atoms with Crippen LogP contribution in [0.15, 0.2) is 29.4 Å². The van der Waals surface area contributed by atoms with Gasteiger partial charge in [0.1, 0.15) is 18.0 Å². The molecular weight excluding hydrogens is 325 g/mol. The van der Waals surface area contributed by atoms with Crippen molar-refractivity contribution < 1.29 is 18.8 Å². The molecule has 0 fully saturated rings. The van der Waals surface area contributed by atoms with Crippen LogP contribution in [-0.4, -0.2) is 23.6 Å². The molecule has 3 N–H and O–H groups in total. The lowest BCUT2D eigenvalue weighted by Crippen LogP contribution is -2.47. The van der Waals surface area contributed by atoms with Gasteiger partial charge < -0.3 is 20.6 Å². The van der Waals surface area contributed by atoms with E-state index in [1.807, 2.05) is 13.8 Å². The van der Waals surface area contributed by atoms with E-state index in [2.05, 4.69) is 10.5 Å². The molecule has 0 radical (unpaired) electrons. The molecular formula is C18H28FN3O3. The van der Waals surface area contributed by atoms with Gasteiger partial charge in [-0.15, -0.1) is 0 Å². The maximum atomic E-state index is 13.1. The summed E-state index contributed by atoms with van der Waals surface area (Å²) in [6, 6.07) is 5.51. The van der Waals surface area contributed by atoms with Crippen LogP contribution in [0.5, 0.6) is 0 Å². The molecule has 0 aliphatic carbocycles. The van der Waals surface area contributed by atoms with Gasteiger partial charge in [-0.05, 0) is 50.8 Å². The molecule has 0 saturated carbocycles. The number of nitrogens with two attached hydrogens (primary N) is 1. The number of oxime groups is 1. The quantitative estimate of drug-likeness (QED) is 0.446. The second-order valence-electron chi connectivity index (χ2n) is 7.25. The highest BCUT2D eigenvalue weighted by atomic mass is 19.1. The van der Waals surface area contributed by atoms with Crippen LogP contribution >= 0.6 is 0 Å². The highest BCUT2D eigenvalue weighted by molar-refractivity contribution is 5.88. The number of alkyl carbamates (subject to hydrolysis) is 1. The van der Waals surface area contributed by atoms with Gasteiger partial charge in [0.05, 0.1) is 6.04 Å². The summed E-state index contributed by atoms with van der Waals surface area (Å²) in [4.78, 5) is 17.1. The van der Waals surface area contributed by atoms with Crippen LogP contribution in [0.3, 0.4) is 0 Å². The topological polar surface area (TPSA) is 85.9 Å². The van der Waals surface area contributed by atoms with Gasteiger partial charge >= 0.3 is 6.09 Å². The number of halogens is 1. The number of hydrogen-bond donors (Lipinski definition) is 2. The Kier molecular flexibility index (Phi) is 7.67. The number of carbonyl (C=O) groups excluding carboxylic acids is 1. The van der Waals surface area contributed by atoms with Crippen LogP contribution in [0.25, 0.3) is 0 Å². The lowest BCUT2D eigenvalue weighted by molar-refractivity contribution is 0.0512. The van der Waals surface area contributed by atoms with Crippen molar-refractivity contribution in [1.29, 1.82) is 0 Å². The van der Waals surface area contributed by atoms with Crippen molar-refractivity contribution in [3.8, 4) is 0 Å². The molecule has 25 heavy (non-hydrogen) atoms. The first-order valence-electron chi connectivity index (χ1n) is 8.26. The zero-order valence-corrected chi connectivity index (χ0v) is 15.5. The summed E-state index contributed by atoms with van der Waals surface area (Å²) in [6.45, 7) is 9.44. The number of amidine groups is 1. The van der Waals surface area contributed by atoms with E-state index in [9.17, 15) is 9.18 Å². The minimum absolute atomic E-state index is 0.0826. The van der Waals surface area contributed by atoms with Crippen molar-refractivity contribution in [3.63, 3.8) is 0 Å². The SMILES string of the molecule is CC(C)CC(NC(=O)OC(C)(C)C)C(N)=NOCc1cccc(F)c1. The van der Waals surface area contributed by atoms with Crippen molar-refractivity contribution >= 4 is 11.9 Å². The van der Waals surface area contributed by atoms with E-state index in [4.69, 9.17) is 15.3 Å². The smallest absolute Gasteiger partial charge is 0.408 e. The molecule has 0 bridgehead atoms. The van der Waals surface area contributed by atoms with Crippen molar-refractivity contribution in [2.24, 2.45) is 16.8 Å². The molecule has 0 aliphatic heterocycles. The van der Waals surface area contributed by atoms with Gasteiger partial charge in [0.2, 0.25) is 0 Å². The average Bonchev–Trinajstić information content (AvgIpc) is 2.44. The number of amides is 1. The van der Waals surface area contributed by atoms with Gasteiger partial charge in [-0.2, -0.15) is 0 Å². The highest BCUT2D eigenvalue weighted by Gasteiger charge is 2.22. The van der Waals surface area contributed by atoms with Gasteiger partial charge in [0.25, 0.3) is 0 Å². The normalized spacial score (nSPS) is 13.5. The fraction of sp³-hybridized carbons (Fsp3) is 0.556. The molecule has 0 spiro atoms. The second kappa shape index (κ2) is 9.25. The van der Waals surface area contributed by atoms with E-state index < -0.39 is 17.7 Å². The van der Waals surface area contributed by atoms with Gasteiger partial charge in [0, 0.05) is 0 Å². The van der Waals surface area contributed by atoms with Gasteiger partial charge in [-0.3, -0.25) is 0 Å². The van der Waals surface area contributed by atoms with Gasteiger partial charge in [-0.1, -0.05) is 31.1 Å². The number of hydrogen-bond acceptors (Lipinski definition) is 4. The lowest BCUT2D eigenvalue weighted by Gasteiger charge is -2.24. The third kappa shape index (κ3) is 8.93. The van der Waals surface area contributed by atoms with E-state index >= 15 is 0 Å². The second-order valence-corrected chi connectivity index (χ2v) is 7.25. The third-order valence-corrected chi connectivity index (χ3v) is 3.05. The fourth-order valence-corrected chi connectivity index (χ4v) is 2.05. The molecule has 1 amide bonds. The Hall–Kier alpha value is -2.31. The van der Waals surface area contributed by atoms with Crippen LogP contribution in [0.2, 0.25) is 0 Å². The summed E-state index contributed by atoms with van der Waals surface area (Å²) in [7, 11) is 0. The molecule has 1 aromatic rings. The number of nitrogens with one attached hydrogen (secondary N) is 1. The maximum Gasteiger partial charge on any atom is 0.408 e. The zero-order valence-electron chi connectivity index (χ0n) is 15.5. The Labute approximate surface area is 148 Å². The van der Waals surface area contributed by atoms with E-state index in [0.717, 1.165) is 0 Å². The van der Waals surface area contributed by atoms with Crippen LogP contribution in [-0.2, 0) is 16.2 Å². The van der Waals surface area contributed by atoms with Gasteiger partial charge in [0.15, 0.2) is 5.84 Å². The Bertz CT molecular complexity index is 597. The summed E-state index contributed by atoms with van der Waals surface area (Å²) in [5.41, 5.74) is 5.98. The molecule has 7 heteroatoms. The predicted octanol–water partition coefficient (Wildman–Crippen LogP) is 3.55. The van der Waals surface area contributed by atoms with Crippen LogP contribution in [0, 0.1) is 11.7 Å². The monoisotopic (exact) mass is 353 g/mol. The average molecular weight is 353 g/mol. The first-order chi connectivity index (χ1) is 11.6. The van der Waals surface area contributed by atoms with Crippen LogP contribution in [0.4, 0.5) is 9.18 Å². The molecule has 140 valence electrons. The molecule has 0 saturated heterocycles. The highest BCUT2D eigenvalue weighted by Crippen LogP contribution is 2.10. The molecule has 0 aromatic heterocycles.